The maximum atomic E-state index is 12.1. The van der Waals surface area contributed by atoms with Gasteiger partial charge >= 0.3 is 5.97 Å². The molecule has 2 aromatic rings. The molecule has 28 heavy (non-hydrogen) atoms. The van der Waals surface area contributed by atoms with E-state index in [1.165, 1.54) is 17.8 Å². The van der Waals surface area contributed by atoms with Crippen molar-refractivity contribution in [2.24, 2.45) is 0 Å². The molecule has 1 heterocycles. The first-order valence-electron chi connectivity index (χ1n) is 9.46. The first-order chi connectivity index (χ1) is 13.3. The van der Waals surface area contributed by atoms with E-state index in [9.17, 15) is 9.59 Å². The molecule has 1 aromatic heterocycles. The zero-order valence-electron chi connectivity index (χ0n) is 17.0. The predicted molar refractivity (Wildman–Crippen MR) is 109 cm³/mol. The lowest BCUT2D eigenvalue weighted by Crippen LogP contribution is -2.14. The molecule has 6 nitrogen and oxygen atoms in total. The fourth-order valence-electron chi connectivity index (χ4n) is 2.52. The van der Waals surface area contributed by atoms with Gasteiger partial charge in [0.25, 0.3) is 0 Å². The predicted octanol–water partition coefficient (Wildman–Crippen LogP) is 4.35. The van der Waals surface area contributed by atoms with E-state index in [0.717, 1.165) is 5.75 Å². The minimum absolute atomic E-state index is 0.106. The number of ether oxygens (including phenoxy) is 2. The average molecular weight is 384 g/mol. The maximum absolute atomic E-state index is 12.1. The molecule has 0 atom stereocenters. The summed E-state index contributed by atoms with van der Waals surface area (Å²) in [5.41, 5.74) is 1.71. The van der Waals surface area contributed by atoms with E-state index in [2.05, 4.69) is 43.2 Å². The quantitative estimate of drug-likeness (QED) is 0.541. The van der Waals surface area contributed by atoms with Crippen LogP contribution in [0.3, 0.4) is 0 Å². The molecule has 1 amide bonds. The lowest BCUT2D eigenvalue weighted by atomic mass is 9.87. The van der Waals surface area contributed by atoms with Crippen LogP contribution in [0.4, 0.5) is 5.82 Å². The number of carbonyl (C=O) groups excluding carboxylic acids is 2. The Morgan fingerprint density at radius 3 is 2.46 bits per heavy atom. The number of anilines is 1. The SMILES string of the molecule is CCOC(=O)c1ccnc(NC(=O)CCCOc2ccc(C(C)(C)C)cc2)c1. The lowest BCUT2D eigenvalue weighted by molar-refractivity contribution is -0.116. The largest absolute Gasteiger partial charge is 0.494 e. The molecule has 6 heteroatoms. The highest BCUT2D eigenvalue weighted by Crippen LogP contribution is 2.24. The van der Waals surface area contributed by atoms with Crippen molar-refractivity contribution in [3.8, 4) is 5.75 Å². The molecule has 0 aliphatic carbocycles. The van der Waals surface area contributed by atoms with Crippen LogP contribution in [0.15, 0.2) is 42.6 Å². The van der Waals surface area contributed by atoms with Gasteiger partial charge in [0, 0.05) is 12.6 Å². The summed E-state index contributed by atoms with van der Waals surface area (Å²) >= 11 is 0. The third kappa shape index (κ3) is 6.68. The number of amides is 1. The number of hydrogen-bond acceptors (Lipinski definition) is 5. The number of rotatable bonds is 8. The number of pyridine rings is 1. The Morgan fingerprint density at radius 2 is 1.82 bits per heavy atom. The minimum atomic E-state index is -0.439. The Morgan fingerprint density at radius 1 is 1.11 bits per heavy atom. The van der Waals surface area contributed by atoms with E-state index in [1.54, 1.807) is 13.0 Å². The van der Waals surface area contributed by atoms with Gasteiger partial charge < -0.3 is 14.8 Å². The van der Waals surface area contributed by atoms with Crippen molar-refractivity contribution in [2.75, 3.05) is 18.5 Å². The van der Waals surface area contributed by atoms with Crippen LogP contribution < -0.4 is 10.1 Å². The van der Waals surface area contributed by atoms with Gasteiger partial charge in [-0.2, -0.15) is 0 Å². The van der Waals surface area contributed by atoms with E-state index >= 15 is 0 Å². The van der Waals surface area contributed by atoms with Crippen molar-refractivity contribution >= 4 is 17.7 Å². The molecule has 0 radical (unpaired) electrons. The molecule has 0 aliphatic rings. The van der Waals surface area contributed by atoms with E-state index in [4.69, 9.17) is 9.47 Å². The number of nitrogens with zero attached hydrogens (tertiary/aromatic N) is 1. The molecule has 0 fully saturated rings. The van der Waals surface area contributed by atoms with Crippen molar-refractivity contribution in [3.63, 3.8) is 0 Å². The first kappa shape index (κ1) is 21.4. The van der Waals surface area contributed by atoms with E-state index in [0.29, 0.717) is 37.4 Å². The van der Waals surface area contributed by atoms with Crippen LogP contribution in [0, 0.1) is 0 Å². The van der Waals surface area contributed by atoms with Crippen LogP contribution in [-0.2, 0) is 14.9 Å². The standard InChI is InChI=1S/C22H28N2O4/c1-5-27-21(26)16-12-13-23-19(15-16)24-20(25)7-6-14-28-18-10-8-17(9-11-18)22(2,3)4/h8-13,15H,5-7,14H2,1-4H3,(H,23,24,25). The molecule has 0 bridgehead atoms. The van der Waals surface area contributed by atoms with Gasteiger partial charge in [-0.1, -0.05) is 32.9 Å². The van der Waals surface area contributed by atoms with Crippen molar-refractivity contribution < 1.29 is 19.1 Å². The Bertz CT molecular complexity index is 795. The highest BCUT2D eigenvalue weighted by molar-refractivity contribution is 5.93. The smallest absolute Gasteiger partial charge is 0.338 e. The summed E-state index contributed by atoms with van der Waals surface area (Å²) in [7, 11) is 0. The molecule has 150 valence electrons. The number of benzene rings is 1. The van der Waals surface area contributed by atoms with Crippen molar-refractivity contribution in [2.45, 2.75) is 46.0 Å². The zero-order chi connectivity index (χ0) is 20.6. The van der Waals surface area contributed by atoms with Crippen LogP contribution >= 0.6 is 0 Å². The van der Waals surface area contributed by atoms with Crippen LogP contribution in [0.5, 0.6) is 5.75 Å². The lowest BCUT2D eigenvalue weighted by Gasteiger charge is -2.19. The summed E-state index contributed by atoms with van der Waals surface area (Å²) in [6.07, 6.45) is 2.34. The second kappa shape index (κ2) is 9.88. The summed E-state index contributed by atoms with van der Waals surface area (Å²) in [6.45, 7) is 8.97. The van der Waals surface area contributed by atoms with Gasteiger partial charge in [-0.05, 0) is 48.6 Å². The Kier molecular flexibility index (Phi) is 7.55. The van der Waals surface area contributed by atoms with Crippen LogP contribution in [0.2, 0.25) is 0 Å². The molecule has 0 aliphatic heterocycles. The van der Waals surface area contributed by atoms with Crippen molar-refractivity contribution in [1.82, 2.24) is 4.98 Å². The van der Waals surface area contributed by atoms with Crippen LogP contribution in [0.25, 0.3) is 0 Å². The van der Waals surface area contributed by atoms with E-state index in [-0.39, 0.29) is 11.3 Å². The molecule has 0 spiro atoms. The summed E-state index contributed by atoms with van der Waals surface area (Å²) in [5.74, 6) is 0.498. The fraction of sp³-hybridized carbons (Fsp3) is 0.409. The Balaban J connectivity index is 1.76. The van der Waals surface area contributed by atoms with Crippen LogP contribution in [-0.4, -0.2) is 30.1 Å². The minimum Gasteiger partial charge on any atom is -0.494 e. The van der Waals surface area contributed by atoms with Gasteiger partial charge in [0.15, 0.2) is 0 Å². The van der Waals surface area contributed by atoms with Gasteiger partial charge in [-0.3, -0.25) is 4.79 Å². The zero-order valence-corrected chi connectivity index (χ0v) is 17.0. The van der Waals surface area contributed by atoms with Gasteiger partial charge in [0.1, 0.15) is 11.6 Å². The molecule has 0 unspecified atom stereocenters. The summed E-state index contributed by atoms with van der Waals surface area (Å²) in [6, 6.07) is 11.1. The highest BCUT2D eigenvalue weighted by atomic mass is 16.5. The van der Waals surface area contributed by atoms with E-state index in [1.807, 2.05) is 12.1 Å². The number of aromatic nitrogens is 1. The van der Waals surface area contributed by atoms with Gasteiger partial charge in [-0.15, -0.1) is 0 Å². The van der Waals surface area contributed by atoms with Gasteiger partial charge in [0.05, 0.1) is 18.8 Å². The third-order valence-electron chi connectivity index (χ3n) is 4.08. The number of esters is 1. The summed E-state index contributed by atoms with van der Waals surface area (Å²) < 4.78 is 10.6. The number of nitrogens with one attached hydrogen (secondary N) is 1. The topological polar surface area (TPSA) is 77.5 Å². The van der Waals surface area contributed by atoms with Gasteiger partial charge in [-0.25, -0.2) is 9.78 Å². The normalized spacial score (nSPS) is 11.0. The van der Waals surface area contributed by atoms with Crippen molar-refractivity contribution in [1.29, 1.82) is 0 Å². The fourth-order valence-corrected chi connectivity index (χ4v) is 2.52. The Hall–Kier alpha value is -2.89. The van der Waals surface area contributed by atoms with Crippen molar-refractivity contribution in [3.05, 3.63) is 53.7 Å². The molecule has 2 rings (SSSR count). The molecular formula is C22H28N2O4. The average Bonchev–Trinajstić information content (AvgIpc) is 2.65. The molecule has 1 N–H and O–H groups in total. The summed E-state index contributed by atoms with van der Waals surface area (Å²) in [4.78, 5) is 27.8. The molecular weight excluding hydrogens is 356 g/mol. The van der Waals surface area contributed by atoms with E-state index < -0.39 is 5.97 Å². The summed E-state index contributed by atoms with van der Waals surface area (Å²) in [5, 5.41) is 2.69. The highest BCUT2D eigenvalue weighted by Gasteiger charge is 2.13. The maximum Gasteiger partial charge on any atom is 0.338 e. The second-order valence-corrected chi connectivity index (χ2v) is 7.42. The monoisotopic (exact) mass is 384 g/mol. The molecule has 0 saturated carbocycles. The number of hydrogen-bond donors (Lipinski definition) is 1. The number of carbonyl (C=O) groups is 2. The molecule has 0 saturated heterocycles. The van der Waals surface area contributed by atoms with Crippen LogP contribution in [0.1, 0.15) is 56.5 Å². The Labute approximate surface area is 166 Å². The first-order valence-corrected chi connectivity index (χ1v) is 9.46. The third-order valence-corrected chi connectivity index (χ3v) is 4.08. The second-order valence-electron chi connectivity index (χ2n) is 7.42. The van der Waals surface area contributed by atoms with Gasteiger partial charge in [0.2, 0.25) is 5.91 Å². The molecule has 1 aromatic carbocycles.